The van der Waals surface area contributed by atoms with Gasteiger partial charge in [-0.05, 0) is 18.0 Å². The number of piperazine rings is 1. The molecule has 0 unspecified atom stereocenters. The summed E-state index contributed by atoms with van der Waals surface area (Å²) in [6, 6.07) is 4.21. The van der Waals surface area contributed by atoms with Crippen LogP contribution in [-0.4, -0.2) is 51.4 Å². The Labute approximate surface area is 135 Å². The number of aryl methyl sites for hydroxylation is 1. The van der Waals surface area contributed by atoms with Gasteiger partial charge in [-0.1, -0.05) is 13.0 Å². The van der Waals surface area contributed by atoms with E-state index in [2.05, 4.69) is 21.4 Å². The first-order valence-corrected chi connectivity index (χ1v) is 8.58. The fraction of sp³-hybridized carbons (Fsp3) is 0.500. The van der Waals surface area contributed by atoms with Gasteiger partial charge >= 0.3 is 0 Å². The molecule has 1 atom stereocenters. The smallest absolute Gasteiger partial charge is 0.227 e. The Morgan fingerprint density at radius 3 is 2.95 bits per heavy atom. The van der Waals surface area contributed by atoms with Crippen molar-refractivity contribution in [1.82, 2.24) is 19.4 Å². The van der Waals surface area contributed by atoms with Gasteiger partial charge in [-0.25, -0.2) is 4.98 Å². The number of imidazole rings is 1. The third-order valence-corrected chi connectivity index (χ3v) is 5.19. The van der Waals surface area contributed by atoms with Crippen LogP contribution in [-0.2, 0) is 18.3 Å². The lowest BCUT2D eigenvalue weighted by atomic mass is 10.1. The van der Waals surface area contributed by atoms with E-state index in [1.807, 2.05) is 41.9 Å². The zero-order valence-corrected chi connectivity index (χ0v) is 13.9. The standard InChI is InChI=1S/C16H22N4OS/c1-3-19-8-9-20(15(21)11-13-5-4-10-22-13)12-14(19)16-17-6-7-18(16)2/h4-7,10,14H,3,8-9,11-12H2,1-2H3/t14-/m0/s1. The van der Waals surface area contributed by atoms with E-state index in [1.54, 1.807) is 11.3 Å². The largest absolute Gasteiger partial charge is 0.339 e. The first-order chi connectivity index (χ1) is 10.7. The molecule has 3 heterocycles. The molecule has 1 fully saturated rings. The average Bonchev–Trinajstić information content (AvgIpc) is 3.18. The van der Waals surface area contributed by atoms with Gasteiger partial charge in [0.15, 0.2) is 0 Å². The number of hydrogen-bond acceptors (Lipinski definition) is 4. The van der Waals surface area contributed by atoms with Crippen LogP contribution in [0.4, 0.5) is 0 Å². The Balaban J connectivity index is 1.73. The minimum atomic E-state index is 0.186. The van der Waals surface area contributed by atoms with Crippen molar-refractivity contribution in [3.8, 4) is 0 Å². The Bertz CT molecular complexity index is 622. The van der Waals surface area contributed by atoms with Crippen molar-refractivity contribution < 1.29 is 4.79 Å². The molecule has 3 rings (SSSR count). The summed E-state index contributed by atoms with van der Waals surface area (Å²) in [5.74, 6) is 1.26. The number of carbonyl (C=O) groups is 1. The van der Waals surface area contributed by atoms with Gasteiger partial charge in [-0.3, -0.25) is 9.69 Å². The molecule has 0 spiro atoms. The van der Waals surface area contributed by atoms with E-state index < -0.39 is 0 Å². The number of nitrogens with zero attached hydrogens (tertiary/aromatic N) is 4. The molecule has 0 saturated carbocycles. The average molecular weight is 318 g/mol. The molecule has 6 heteroatoms. The van der Waals surface area contributed by atoms with Crippen molar-refractivity contribution >= 4 is 17.2 Å². The molecule has 5 nitrogen and oxygen atoms in total. The summed E-state index contributed by atoms with van der Waals surface area (Å²) in [7, 11) is 2.02. The van der Waals surface area contributed by atoms with Crippen LogP contribution in [0.25, 0.3) is 0 Å². The lowest BCUT2D eigenvalue weighted by Crippen LogP contribution is -2.51. The molecule has 0 bridgehead atoms. The molecular formula is C16H22N4OS. The second-order valence-electron chi connectivity index (χ2n) is 5.64. The highest BCUT2D eigenvalue weighted by Gasteiger charge is 2.31. The van der Waals surface area contributed by atoms with E-state index >= 15 is 0 Å². The van der Waals surface area contributed by atoms with Gasteiger partial charge in [0, 0.05) is 44.0 Å². The Kier molecular flexibility index (Phi) is 4.59. The van der Waals surface area contributed by atoms with Crippen LogP contribution in [0.1, 0.15) is 23.7 Å². The molecule has 0 aromatic carbocycles. The number of likely N-dealkylation sites (N-methyl/N-ethyl adjacent to an activating group) is 1. The Hall–Kier alpha value is -1.66. The molecule has 1 aliphatic heterocycles. The molecule has 1 amide bonds. The van der Waals surface area contributed by atoms with Gasteiger partial charge in [0.2, 0.25) is 5.91 Å². The Morgan fingerprint density at radius 2 is 2.32 bits per heavy atom. The van der Waals surface area contributed by atoms with Crippen molar-refractivity contribution in [1.29, 1.82) is 0 Å². The lowest BCUT2D eigenvalue weighted by Gasteiger charge is -2.40. The van der Waals surface area contributed by atoms with Gasteiger partial charge in [0.25, 0.3) is 0 Å². The third-order valence-electron chi connectivity index (χ3n) is 4.31. The van der Waals surface area contributed by atoms with E-state index in [9.17, 15) is 4.79 Å². The van der Waals surface area contributed by atoms with Crippen LogP contribution >= 0.6 is 11.3 Å². The summed E-state index contributed by atoms with van der Waals surface area (Å²) in [4.78, 5) is 22.6. The maximum Gasteiger partial charge on any atom is 0.227 e. The number of aromatic nitrogens is 2. The first-order valence-electron chi connectivity index (χ1n) is 7.70. The normalized spacial score (nSPS) is 19.5. The number of hydrogen-bond donors (Lipinski definition) is 0. The van der Waals surface area contributed by atoms with Crippen molar-refractivity contribution in [3.05, 3.63) is 40.6 Å². The molecular weight excluding hydrogens is 296 g/mol. The van der Waals surface area contributed by atoms with Gasteiger partial charge < -0.3 is 9.47 Å². The van der Waals surface area contributed by atoms with Crippen LogP contribution < -0.4 is 0 Å². The second-order valence-corrected chi connectivity index (χ2v) is 6.67. The van der Waals surface area contributed by atoms with Crippen molar-refractivity contribution in [3.63, 3.8) is 0 Å². The molecule has 1 aliphatic rings. The molecule has 2 aromatic heterocycles. The van der Waals surface area contributed by atoms with E-state index in [-0.39, 0.29) is 11.9 Å². The fourth-order valence-corrected chi connectivity index (χ4v) is 3.74. The molecule has 0 radical (unpaired) electrons. The Morgan fingerprint density at radius 1 is 1.45 bits per heavy atom. The maximum absolute atomic E-state index is 12.5. The number of carbonyl (C=O) groups excluding carboxylic acids is 1. The highest BCUT2D eigenvalue weighted by molar-refractivity contribution is 7.10. The van der Waals surface area contributed by atoms with Gasteiger partial charge in [0.05, 0.1) is 12.5 Å². The van der Waals surface area contributed by atoms with Crippen LogP contribution in [0.15, 0.2) is 29.9 Å². The summed E-state index contributed by atoms with van der Waals surface area (Å²) in [6.07, 6.45) is 4.31. The quantitative estimate of drug-likeness (QED) is 0.865. The van der Waals surface area contributed by atoms with Gasteiger partial charge in [0.1, 0.15) is 5.82 Å². The van der Waals surface area contributed by atoms with Crippen molar-refractivity contribution in [2.45, 2.75) is 19.4 Å². The van der Waals surface area contributed by atoms with Crippen LogP contribution in [0.5, 0.6) is 0 Å². The second kappa shape index (κ2) is 6.62. The number of thiophene rings is 1. The monoisotopic (exact) mass is 318 g/mol. The molecule has 0 N–H and O–H groups in total. The summed E-state index contributed by atoms with van der Waals surface area (Å²) < 4.78 is 2.06. The summed E-state index contributed by atoms with van der Waals surface area (Å²) in [5.41, 5.74) is 0. The van der Waals surface area contributed by atoms with Crippen LogP contribution in [0.2, 0.25) is 0 Å². The van der Waals surface area contributed by atoms with E-state index in [0.717, 1.165) is 36.9 Å². The minimum absolute atomic E-state index is 0.186. The SMILES string of the molecule is CCN1CCN(C(=O)Cc2cccs2)C[C@H]1c1nccn1C. The van der Waals surface area contributed by atoms with Gasteiger partial charge in [-0.15, -0.1) is 11.3 Å². The highest BCUT2D eigenvalue weighted by atomic mass is 32.1. The van der Waals surface area contributed by atoms with Crippen LogP contribution in [0, 0.1) is 0 Å². The molecule has 2 aromatic rings. The first kappa shape index (κ1) is 15.2. The predicted molar refractivity (Wildman–Crippen MR) is 87.8 cm³/mol. The topological polar surface area (TPSA) is 41.4 Å². The van der Waals surface area contributed by atoms with Gasteiger partial charge in [-0.2, -0.15) is 0 Å². The fourth-order valence-electron chi connectivity index (χ4n) is 3.04. The minimum Gasteiger partial charge on any atom is -0.339 e. The zero-order valence-electron chi connectivity index (χ0n) is 13.1. The lowest BCUT2D eigenvalue weighted by molar-refractivity contribution is -0.133. The van der Waals surface area contributed by atoms with E-state index in [1.165, 1.54) is 0 Å². The van der Waals surface area contributed by atoms with E-state index in [0.29, 0.717) is 6.42 Å². The maximum atomic E-state index is 12.5. The van der Waals surface area contributed by atoms with Crippen molar-refractivity contribution in [2.75, 3.05) is 26.2 Å². The summed E-state index contributed by atoms with van der Waals surface area (Å²) in [5, 5.41) is 2.02. The summed E-state index contributed by atoms with van der Waals surface area (Å²) >= 11 is 1.65. The van der Waals surface area contributed by atoms with Crippen molar-refractivity contribution in [2.24, 2.45) is 7.05 Å². The molecule has 1 saturated heterocycles. The predicted octanol–water partition coefficient (Wildman–Crippen LogP) is 1.93. The molecule has 0 aliphatic carbocycles. The highest BCUT2D eigenvalue weighted by Crippen LogP contribution is 2.24. The van der Waals surface area contributed by atoms with E-state index in [4.69, 9.17) is 0 Å². The third kappa shape index (κ3) is 3.08. The number of amides is 1. The molecule has 22 heavy (non-hydrogen) atoms. The summed E-state index contributed by atoms with van der Waals surface area (Å²) in [6.45, 7) is 5.58. The zero-order chi connectivity index (χ0) is 15.5. The number of rotatable bonds is 4. The molecule has 118 valence electrons. The van der Waals surface area contributed by atoms with Crippen LogP contribution in [0.3, 0.4) is 0 Å².